The first-order valence-corrected chi connectivity index (χ1v) is 4.89. The van der Waals surface area contributed by atoms with Gasteiger partial charge in [0, 0.05) is 11.5 Å². The maximum Gasteiger partial charge on any atom is 0.336 e. The highest BCUT2D eigenvalue weighted by molar-refractivity contribution is 6.34. The molecule has 1 aromatic heterocycles. The molecule has 2 aromatic rings. The van der Waals surface area contributed by atoms with Crippen LogP contribution in [0.5, 0.6) is 11.5 Å². The van der Waals surface area contributed by atoms with E-state index in [0.717, 1.165) is 0 Å². The molecule has 4 nitrogen and oxygen atoms in total. The topological polar surface area (TPSA) is 48.7 Å². The van der Waals surface area contributed by atoms with Gasteiger partial charge in [0.05, 0.1) is 14.2 Å². The molecule has 0 saturated carbocycles. The van der Waals surface area contributed by atoms with E-state index in [2.05, 4.69) is 0 Å². The predicted octanol–water partition coefficient (Wildman–Crippen LogP) is 2.46. The van der Waals surface area contributed by atoms with Crippen LogP contribution in [-0.2, 0) is 0 Å². The van der Waals surface area contributed by atoms with Crippen molar-refractivity contribution in [3.05, 3.63) is 33.6 Å². The van der Waals surface area contributed by atoms with E-state index in [4.69, 9.17) is 25.5 Å². The van der Waals surface area contributed by atoms with Crippen molar-refractivity contribution in [3.63, 3.8) is 0 Å². The third-order valence-corrected chi connectivity index (χ3v) is 2.55. The number of hydrogen-bond donors (Lipinski definition) is 0. The third kappa shape index (κ3) is 1.61. The molecule has 0 fully saturated rings. The lowest BCUT2D eigenvalue weighted by molar-refractivity contribution is 0.391. The zero-order valence-electron chi connectivity index (χ0n) is 8.74. The number of rotatable bonds is 2. The van der Waals surface area contributed by atoms with Gasteiger partial charge >= 0.3 is 5.63 Å². The number of fused-ring (bicyclic) bond motifs is 1. The van der Waals surface area contributed by atoms with E-state index in [1.165, 1.54) is 20.3 Å². The van der Waals surface area contributed by atoms with E-state index in [9.17, 15) is 4.79 Å². The van der Waals surface area contributed by atoms with Gasteiger partial charge < -0.3 is 13.9 Å². The van der Waals surface area contributed by atoms with Gasteiger partial charge in [-0.25, -0.2) is 4.79 Å². The minimum atomic E-state index is -0.452. The lowest BCUT2D eigenvalue weighted by atomic mass is 10.2. The van der Waals surface area contributed by atoms with E-state index in [-0.39, 0.29) is 5.02 Å². The van der Waals surface area contributed by atoms with E-state index >= 15 is 0 Å². The fourth-order valence-corrected chi connectivity index (χ4v) is 1.76. The first kappa shape index (κ1) is 10.8. The van der Waals surface area contributed by atoms with Gasteiger partial charge in [0.25, 0.3) is 0 Å². The van der Waals surface area contributed by atoms with E-state index in [1.54, 1.807) is 12.1 Å². The van der Waals surface area contributed by atoms with Crippen LogP contribution in [0.1, 0.15) is 0 Å². The summed E-state index contributed by atoms with van der Waals surface area (Å²) in [5, 5.41) is 0.976. The highest BCUT2D eigenvalue weighted by Crippen LogP contribution is 2.39. The van der Waals surface area contributed by atoms with E-state index in [1.807, 2.05) is 0 Å². The number of halogens is 1. The number of hydrogen-bond acceptors (Lipinski definition) is 4. The second-order valence-electron chi connectivity index (χ2n) is 3.10. The van der Waals surface area contributed by atoms with Crippen molar-refractivity contribution in [2.75, 3.05) is 14.2 Å². The van der Waals surface area contributed by atoms with Gasteiger partial charge in [-0.1, -0.05) is 11.6 Å². The van der Waals surface area contributed by atoms with Gasteiger partial charge in [-0.05, 0) is 12.1 Å². The molecule has 0 radical (unpaired) electrons. The zero-order valence-corrected chi connectivity index (χ0v) is 9.50. The first-order chi connectivity index (χ1) is 7.67. The molecule has 84 valence electrons. The van der Waals surface area contributed by atoms with Gasteiger partial charge in [0.2, 0.25) is 0 Å². The van der Waals surface area contributed by atoms with Gasteiger partial charge in [-0.2, -0.15) is 0 Å². The molecule has 2 rings (SSSR count). The average Bonchev–Trinajstić information content (AvgIpc) is 2.28. The Balaban J connectivity index is 2.90. The first-order valence-electron chi connectivity index (χ1n) is 4.51. The van der Waals surface area contributed by atoms with Crippen LogP contribution in [0.4, 0.5) is 0 Å². The SMILES string of the molecule is COc1cc2ccc(=O)oc2c(OC)c1Cl. The Hall–Kier alpha value is -1.68. The molecular weight excluding hydrogens is 232 g/mol. The van der Waals surface area contributed by atoms with Crippen LogP contribution in [0.2, 0.25) is 5.02 Å². The third-order valence-electron chi connectivity index (χ3n) is 2.20. The van der Waals surface area contributed by atoms with E-state index in [0.29, 0.717) is 22.5 Å². The fourth-order valence-electron chi connectivity index (χ4n) is 1.47. The van der Waals surface area contributed by atoms with Crippen molar-refractivity contribution in [2.45, 2.75) is 0 Å². The monoisotopic (exact) mass is 240 g/mol. The Kier molecular flexibility index (Phi) is 2.75. The molecule has 0 amide bonds. The van der Waals surface area contributed by atoms with Crippen molar-refractivity contribution in [3.8, 4) is 11.5 Å². The lowest BCUT2D eigenvalue weighted by Crippen LogP contribution is -1.97. The summed E-state index contributed by atoms with van der Waals surface area (Å²) in [4.78, 5) is 11.1. The second-order valence-corrected chi connectivity index (χ2v) is 3.48. The van der Waals surface area contributed by atoms with Gasteiger partial charge in [-0.3, -0.25) is 0 Å². The maximum absolute atomic E-state index is 11.1. The molecule has 0 spiro atoms. The average molecular weight is 241 g/mol. The molecule has 0 aliphatic rings. The van der Waals surface area contributed by atoms with Crippen LogP contribution < -0.4 is 15.1 Å². The van der Waals surface area contributed by atoms with Crippen molar-refractivity contribution in [1.82, 2.24) is 0 Å². The minimum Gasteiger partial charge on any atom is -0.495 e. The maximum atomic E-state index is 11.1. The molecule has 16 heavy (non-hydrogen) atoms. The summed E-state index contributed by atoms with van der Waals surface area (Å²) in [5.74, 6) is 0.772. The molecule has 0 bridgehead atoms. The van der Waals surface area contributed by atoms with Gasteiger partial charge in [0.15, 0.2) is 11.3 Å². The minimum absolute atomic E-state index is 0.284. The molecule has 0 unspecified atom stereocenters. The Morgan fingerprint density at radius 3 is 2.62 bits per heavy atom. The number of methoxy groups -OCH3 is 2. The van der Waals surface area contributed by atoms with Crippen LogP contribution in [0.15, 0.2) is 27.4 Å². The van der Waals surface area contributed by atoms with Crippen molar-refractivity contribution in [1.29, 1.82) is 0 Å². The van der Waals surface area contributed by atoms with Crippen molar-refractivity contribution in [2.24, 2.45) is 0 Å². The molecule has 0 N–H and O–H groups in total. The number of ether oxygens (including phenoxy) is 2. The van der Waals surface area contributed by atoms with Crippen LogP contribution >= 0.6 is 11.6 Å². The molecule has 0 saturated heterocycles. The predicted molar refractivity (Wildman–Crippen MR) is 60.6 cm³/mol. The summed E-state index contributed by atoms with van der Waals surface area (Å²) in [7, 11) is 2.96. The summed E-state index contributed by atoms with van der Waals surface area (Å²) in [6.07, 6.45) is 0. The Labute approximate surface area is 96.3 Å². The highest BCUT2D eigenvalue weighted by Gasteiger charge is 2.15. The summed E-state index contributed by atoms with van der Waals surface area (Å²) in [5.41, 5.74) is -0.132. The molecule has 1 heterocycles. The van der Waals surface area contributed by atoms with E-state index < -0.39 is 5.63 Å². The number of benzene rings is 1. The molecule has 5 heteroatoms. The molecule has 0 atom stereocenters. The summed E-state index contributed by atoms with van der Waals surface area (Å²) in [6, 6.07) is 4.64. The fraction of sp³-hybridized carbons (Fsp3) is 0.182. The zero-order chi connectivity index (χ0) is 11.7. The lowest BCUT2D eigenvalue weighted by Gasteiger charge is -2.09. The smallest absolute Gasteiger partial charge is 0.336 e. The summed E-state index contributed by atoms with van der Waals surface area (Å²) in [6.45, 7) is 0. The summed E-state index contributed by atoms with van der Waals surface area (Å²) < 4.78 is 15.2. The largest absolute Gasteiger partial charge is 0.495 e. The van der Waals surface area contributed by atoms with Gasteiger partial charge in [-0.15, -0.1) is 0 Å². The van der Waals surface area contributed by atoms with Crippen molar-refractivity contribution >= 4 is 22.6 Å². The molecule has 0 aliphatic heterocycles. The van der Waals surface area contributed by atoms with Crippen LogP contribution in [-0.4, -0.2) is 14.2 Å². The molecule has 1 aromatic carbocycles. The van der Waals surface area contributed by atoms with Crippen molar-refractivity contribution < 1.29 is 13.9 Å². The molecule has 0 aliphatic carbocycles. The van der Waals surface area contributed by atoms with Crippen LogP contribution in [0.25, 0.3) is 11.0 Å². The van der Waals surface area contributed by atoms with Crippen LogP contribution in [0, 0.1) is 0 Å². The van der Waals surface area contributed by atoms with Crippen LogP contribution in [0.3, 0.4) is 0 Å². The Morgan fingerprint density at radius 1 is 1.25 bits per heavy atom. The highest BCUT2D eigenvalue weighted by atomic mass is 35.5. The summed E-state index contributed by atoms with van der Waals surface area (Å²) >= 11 is 6.03. The molecular formula is C11H9ClO4. The second kappa shape index (κ2) is 4.06. The van der Waals surface area contributed by atoms with Gasteiger partial charge in [0.1, 0.15) is 10.8 Å². The Bertz CT molecular complexity index is 588. The standard InChI is InChI=1S/C11H9ClO4/c1-14-7-5-6-3-4-8(13)16-10(6)11(15-2)9(7)12/h3-5H,1-2H3. The normalized spacial score (nSPS) is 10.4. The quantitative estimate of drug-likeness (QED) is 0.757. The Morgan fingerprint density at radius 2 is 2.00 bits per heavy atom.